The van der Waals surface area contributed by atoms with Gasteiger partial charge in [0.25, 0.3) is 5.91 Å². The fraction of sp³-hybridized carbons (Fsp3) is 0.842. The summed E-state index contributed by atoms with van der Waals surface area (Å²) in [6.07, 6.45) is 10.8. The number of hydrogen-bond acceptors (Lipinski definition) is 4. The van der Waals surface area contributed by atoms with Crippen LogP contribution in [0.15, 0.2) is 0 Å². The monoisotopic (exact) mass is 348 g/mol. The van der Waals surface area contributed by atoms with Crippen molar-refractivity contribution in [2.24, 2.45) is 23.7 Å². The van der Waals surface area contributed by atoms with Gasteiger partial charge < -0.3 is 10.1 Å². The minimum absolute atomic E-state index is 0.0753. The molecule has 0 heterocycles. The maximum atomic E-state index is 12.3. The van der Waals surface area contributed by atoms with Crippen LogP contribution in [-0.4, -0.2) is 30.1 Å². The predicted molar refractivity (Wildman–Crippen MR) is 90.5 cm³/mol. The van der Waals surface area contributed by atoms with E-state index in [0.29, 0.717) is 0 Å². The standard InChI is InChI=1S/C19H28N2O4/c22-16(11-25-17(23)15-3-1-2-4-15)20-18(24)21-19-8-12-5-13(9-19)7-14(6-12)10-19/h12-15H,1-11H2,(H2,20,21,22,24). The van der Waals surface area contributed by atoms with Crippen molar-refractivity contribution in [2.75, 3.05) is 6.61 Å². The Labute approximate surface area is 148 Å². The third-order valence-electron chi connectivity index (χ3n) is 6.70. The van der Waals surface area contributed by atoms with Crippen LogP contribution < -0.4 is 10.6 Å². The van der Waals surface area contributed by atoms with Crippen molar-refractivity contribution < 1.29 is 19.1 Å². The Morgan fingerprint density at radius 2 is 1.48 bits per heavy atom. The van der Waals surface area contributed by atoms with Gasteiger partial charge >= 0.3 is 12.0 Å². The van der Waals surface area contributed by atoms with E-state index < -0.39 is 11.9 Å². The van der Waals surface area contributed by atoms with E-state index in [9.17, 15) is 14.4 Å². The van der Waals surface area contributed by atoms with Gasteiger partial charge in [-0.25, -0.2) is 4.79 Å². The Kier molecular flexibility index (Phi) is 4.46. The zero-order chi connectivity index (χ0) is 17.4. The first-order valence-corrected chi connectivity index (χ1v) is 9.80. The molecule has 0 aromatic rings. The van der Waals surface area contributed by atoms with Crippen LogP contribution in [0.4, 0.5) is 4.79 Å². The Bertz CT molecular complexity index is 532. The summed E-state index contributed by atoms with van der Waals surface area (Å²) < 4.78 is 5.05. The lowest BCUT2D eigenvalue weighted by Crippen LogP contribution is -2.62. The molecule has 4 bridgehead atoms. The minimum Gasteiger partial charge on any atom is -0.455 e. The van der Waals surface area contributed by atoms with Gasteiger partial charge in [-0.3, -0.25) is 14.9 Å². The second-order valence-corrected chi connectivity index (χ2v) is 8.79. The summed E-state index contributed by atoms with van der Waals surface area (Å²) in [5, 5.41) is 5.42. The number of carbonyl (C=O) groups is 3. The second kappa shape index (κ2) is 6.61. The van der Waals surface area contributed by atoms with Gasteiger partial charge in [0.1, 0.15) is 0 Å². The van der Waals surface area contributed by atoms with Gasteiger partial charge in [0.2, 0.25) is 0 Å². The second-order valence-electron chi connectivity index (χ2n) is 8.79. The highest BCUT2D eigenvalue weighted by molar-refractivity contribution is 5.95. The molecular weight excluding hydrogens is 320 g/mol. The Hall–Kier alpha value is -1.59. The first-order valence-electron chi connectivity index (χ1n) is 9.80. The number of amides is 3. The van der Waals surface area contributed by atoms with Crippen LogP contribution in [0.3, 0.4) is 0 Å². The molecule has 0 saturated heterocycles. The molecule has 6 heteroatoms. The summed E-state index contributed by atoms with van der Waals surface area (Å²) >= 11 is 0. The van der Waals surface area contributed by atoms with Crippen LogP contribution in [-0.2, 0) is 14.3 Å². The third-order valence-corrected chi connectivity index (χ3v) is 6.70. The molecule has 0 atom stereocenters. The molecule has 5 fully saturated rings. The molecule has 0 aromatic carbocycles. The van der Waals surface area contributed by atoms with E-state index in [-0.39, 0.29) is 24.0 Å². The molecule has 5 aliphatic rings. The quantitative estimate of drug-likeness (QED) is 0.765. The lowest BCUT2D eigenvalue weighted by molar-refractivity contribution is -0.152. The Morgan fingerprint density at radius 1 is 0.920 bits per heavy atom. The van der Waals surface area contributed by atoms with E-state index in [1.165, 1.54) is 19.3 Å². The number of hydrogen-bond donors (Lipinski definition) is 2. The fourth-order valence-corrected chi connectivity index (χ4v) is 6.11. The molecule has 3 amide bonds. The van der Waals surface area contributed by atoms with Gasteiger partial charge in [-0.2, -0.15) is 0 Å². The van der Waals surface area contributed by atoms with Crippen LogP contribution in [0.1, 0.15) is 64.2 Å². The van der Waals surface area contributed by atoms with E-state index in [1.807, 2.05) is 0 Å². The number of nitrogens with one attached hydrogen (secondary N) is 2. The highest BCUT2D eigenvalue weighted by Gasteiger charge is 2.51. The Morgan fingerprint density at radius 3 is 2.04 bits per heavy atom. The van der Waals surface area contributed by atoms with Crippen LogP contribution >= 0.6 is 0 Å². The molecule has 5 aliphatic carbocycles. The summed E-state index contributed by atoms with van der Waals surface area (Å²) in [4.78, 5) is 36.0. The average molecular weight is 348 g/mol. The van der Waals surface area contributed by atoms with Crippen LogP contribution in [0.2, 0.25) is 0 Å². The number of imide groups is 1. The number of ether oxygens (including phenoxy) is 1. The highest BCUT2D eigenvalue weighted by atomic mass is 16.5. The maximum Gasteiger partial charge on any atom is 0.321 e. The molecule has 5 rings (SSSR count). The molecule has 6 nitrogen and oxygen atoms in total. The average Bonchev–Trinajstić information content (AvgIpc) is 3.05. The molecule has 0 radical (unpaired) electrons. The van der Waals surface area contributed by atoms with Crippen molar-refractivity contribution in [3.63, 3.8) is 0 Å². The number of esters is 1. The summed E-state index contributed by atoms with van der Waals surface area (Å²) in [5.41, 5.74) is -0.125. The van der Waals surface area contributed by atoms with Crippen molar-refractivity contribution >= 4 is 17.9 Å². The molecule has 0 aromatic heterocycles. The van der Waals surface area contributed by atoms with Gasteiger partial charge in [0.15, 0.2) is 6.61 Å². The maximum absolute atomic E-state index is 12.3. The summed E-state index contributed by atoms with van der Waals surface area (Å²) in [6, 6.07) is -0.441. The SMILES string of the molecule is O=C(COC(=O)C1CCCC1)NC(=O)NC12CC3CC(CC(C3)C1)C2. The van der Waals surface area contributed by atoms with Gasteiger partial charge in [-0.05, 0) is 69.1 Å². The highest BCUT2D eigenvalue weighted by Crippen LogP contribution is 2.55. The van der Waals surface area contributed by atoms with Crippen LogP contribution in [0.25, 0.3) is 0 Å². The van der Waals surface area contributed by atoms with Gasteiger partial charge in [0.05, 0.1) is 5.92 Å². The van der Waals surface area contributed by atoms with Crippen molar-refractivity contribution in [3.05, 3.63) is 0 Å². The molecule has 2 N–H and O–H groups in total. The van der Waals surface area contributed by atoms with E-state index >= 15 is 0 Å². The number of carbonyl (C=O) groups excluding carboxylic acids is 3. The molecule has 138 valence electrons. The van der Waals surface area contributed by atoms with E-state index in [0.717, 1.165) is 62.7 Å². The van der Waals surface area contributed by atoms with E-state index in [2.05, 4.69) is 10.6 Å². The normalized spacial score (nSPS) is 36.2. The zero-order valence-corrected chi connectivity index (χ0v) is 14.7. The predicted octanol–water partition coefficient (Wildman–Crippen LogP) is 2.51. The van der Waals surface area contributed by atoms with Crippen LogP contribution in [0.5, 0.6) is 0 Å². The summed E-state index contributed by atoms with van der Waals surface area (Å²) in [6.45, 7) is -0.371. The van der Waals surface area contributed by atoms with Gasteiger partial charge in [-0.1, -0.05) is 12.8 Å². The lowest BCUT2D eigenvalue weighted by Gasteiger charge is -2.56. The van der Waals surface area contributed by atoms with Gasteiger partial charge in [-0.15, -0.1) is 0 Å². The van der Waals surface area contributed by atoms with Gasteiger partial charge in [0, 0.05) is 5.54 Å². The van der Waals surface area contributed by atoms with Crippen molar-refractivity contribution in [2.45, 2.75) is 69.7 Å². The third kappa shape index (κ3) is 3.67. The van der Waals surface area contributed by atoms with Crippen molar-refractivity contribution in [3.8, 4) is 0 Å². The summed E-state index contributed by atoms with van der Waals surface area (Å²) in [5.74, 6) is 1.26. The Balaban J connectivity index is 1.23. The molecule has 0 spiro atoms. The smallest absolute Gasteiger partial charge is 0.321 e. The molecular formula is C19H28N2O4. The summed E-state index contributed by atoms with van der Waals surface area (Å²) in [7, 11) is 0. The largest absolute Gasteiger partial charge is 0.455 e. The van der Waals surface area contributed by atoms with E-state index in [1.54, 1.807) is 0 Å². The lowest BCUT2D eigenvalue weighted by atomic mass is 9.53. The van der Waals surface area contributed by atoms with Crippen LogP contribution in [0, 0.1) is 23.7 Å². The number of urea groups is 1. The van der Waals surface area contributed by atoms with Crippen molar-refractivity contribution in [1.82, 2.24) is 10.6 Å². The number of rotatable bonds is 4. The van der Waals surface area contributed by atoms with Crippen molar-refractivity contribution in [1.29, 1.82) is 0 Å². The first-order chi connectivity index (χ1) is 12.0. The van der Waals surface area contributed by atoms with E-state index in [4.69, 9.17) is 4.74 Å². The molecule has 0 unspecified atom stereocenters. The minimum atomic E-state index is -0.548. The molecule has 25 heavy (non-hydrogen) atoms. The fourth-order valence-electron chi connectivity index (χ4n) is 6.11. The molecule has 0 aliphatic heterocycles. The topological polar surface area (TPSA) is 84.5 Å². The molecule has 5 saturated carbocycles. The zero-order valence-electron chi connectivity index (χ0n) is 14.7. The first kappa shape index (κ1) is 16.9.